The van der Waals surface area contributed by atoms with Gasteiger partial charge in [-0.15, -0.1) is 11.6 Å². The number of fused-ring (bicyclic) bond motifs is 1. The second-order valence-corrected chi connectivity index (χ2v) is 6.76. The molecule has 21 heavy (non-hydrogen) atoms. The Kier molecular flexibility index (Phi) is 5.81. The van der Waals surface area contributed by atoms with Gasteiger partial charge in [-0.25, -0.2) is 0 Å². The average Bonchev–Trinajstić information content (AvgIpc) is 2.44. The van der Waals surface area contributed by atoms with E-state index in [0.717, 1.165) is 30.6 Å². The van der Waals surface area contributed by atoms with Gasteiger partial charge in [-0.3, -0.25) is 4.79 Å². The van der Waals surface area contributed by atoms with Crippen molar-refractivity contribution in [2.24, 2.45) is 17.8 Å². The summed E-state index contributed by atoms with van der Waals surface area (Å²) in [6.45, 7) is -1.20. The highest BCUT2D eigenvalue weighted by atomic mass is 35.5. The van der Waals surface area contributed by atoms with Crippen LogP contribution in [-0.4, -0.2) is 36.0 Å². The number of carbonyl (C=O) groups excluding carboxylic acids is 1. The lowest BCUT2D eigenvalue weighted by Gasteiger charge is -2.40. The fourth-order valence-electron chi connectivity index (χ4n) is 3.94. The second-order valence-electron chi connectivity index (χ2n) is 6.38. The zero-order valence-electron chi connectivity index (χ0n) is 12.2. The molecule has 2 fully saturated rings. The number of amides is 1. The third kappa shape index (κ3) is 4.76. The number of carbonyl (C=O) groups is 1. The van der Waals surface area contributed by atoms with Gasteiger partial charge in [0.1, 0.15) is 6.54 Å². The summed E-state index contributed by atoms with van der Waals surface area (Å²) >= 11 is 5.56. The normalized spacial score (nSPS) is 29.8. The molecule has 2 rings (SSSR count). The molecule has 3 unspecified atom stereocenters. The minimum absolute atomic E-state index is 0.0233. The maximum Gasteiger partial charge on any atom is 0.406 e. The van der Waals surface area contributed by atoms with Gasteiger partial charge in [-0.1, -0.05) is 25.7 Å². The van der Waals surface area contributed by atoms with E-state index in [-0.39, 0.29) is 24.2 Å². The van der Waals surface area contributed by atoms with Crippen LogP contribution in [0.15, 0.2) is 0 Å². The van der Waals surface area contributed by atoms with Crippen LogP contribution in [0.2, 0.25) is 0 Å². The van der Waals surface area contributed by atoms with Crippen molar-refractivity contribution in [1.82, 2.24) is 4.90 Å². The maximum atomic E-state index is 12.6. The highest BCUT2D eigenvalue weighted by Crippen LogP contribution is 2.43. The van der Waals surface area contributed by atoms with Gasteiger partial charge in [0.2, 0.25) is 5.91 Å². The Labute approximate surface area is 129 Å². The lowest BCUT2D eigenvalue weighted by atomic mass is 9.67. The first kappa shape index (κ1) is 16.9. The SMILES string of the molecule is O=C(C1CCC2CCCCC2C1)N(CCCl)CC(F)(F)F. The van der Waals surface area contributed by atoms with Crippen LogP contribution in [0, 0.1) is 17.8 Å². The zero-order chi connectivity index (χ0) is 15.5. The molecule has 6 heteroatoms. The second kappa shape index (κ2) is 7.21. The number of hydrogen-bond acceptors (Lipinski definition) is 1. The molecule has 122 valence electrons. The average molecular weight is 326 g/mol. The van der Waals surface area contributed by atoms with Crippen molar-refractivity contribution in [3.63, 3.8) is 0 Å². The number of hydrogen-bond donors (Lipinski definition) is 0. The maximum absolute atomic E-state index is 12.6. The molecular weight excluding hydrogens is 303 g/mol. The van der Waals surface area contributed by atoms with Gasteiger partial charge in [0.15, 0.2) is 0 Å². The molecule has 0 heterocycles. The third-order valence-electron chi connectivity index (χ3n) is 4.93. The predicted molar refractivity (Wildman–Crippen MR) is 76.1 cm³/mol. The van der Waals surface area contributed by atoms with Crippen LogP contribution in [0.5, 0.6) is 0 Å². The molecule has 0 spiro atoms. The Morgan fingerprint density at radius 2 is 1.76 bits per heavy atom. The Morgan fingerprint density at radius 1 is 1.10 bits per heavy atom. The van der Waals surface area contributed by atoms with Gasteiger partial charge in [0.05, 0.1) is 0 Å². The highest BCUT2D eigenvalue weighted by Gasteiger charge is 2.39. The van der Waals surface area contributed by atoms with Crippen LogP contribution >= 0.6 is 11.6 Å². The first-order valence-corrected chi connectivity index (χ1v) is 8.35. The molecule has 0 saturated heterocycles. The van der Waals surface area contributed by atoms with Crippen LogP contribution in [0.4, 0.5) is 13.2 Å². The summed E-state index contributed by atoms with van der Waals surface area (Å²) < 4.78 is 37.8. The van der Waals surface area contributed by atoms with E-state index in [4.69, 9.17) is 11.6 Å². The Bertz CT molecular complexity index is 361. The van der Waals surface area contributed by atoms with E-state index in [1.807, 2.05) is 0 Å². The summed E-state index contributed by atoms with van der Waals surface area (Å²) in [5, 5.41) is 0. The van der Waals surface area contributed by atoms with Crippen LogP contribution in [0.25, 0.3) is 0 Å². The van der Waals surface area contributed by atoms with E-state index in [2.05, 4.69) is 0 Å². The van der Waals surface area contributed by atoms with Gasteiger partial charge < -0.3 is 4.90 Å². The molecule has 2 nitrogen and oxygen atoms in total. The van der Waals surface area contributed by atoms with Crippen molar-refractivity contribution in [3.8, 4) is 0 Å². The molecule has 2 aliphatic rings. The van der Waals surface area contributed by atoms with E-state index >= 15 is 0 Å². The fourth-order valence-corrected chi connectivity index (χ4v) is 4.15. The summed E-state index contributed by atoms with van der Waals surface area (Å²) in [7, 11) is 0. The third-order valence-corrected chi connectivity index (χ3v) is 5.09. The first-order valence-electron chi connectivity index (χ1n) is 7.82. The number of halogens is 4. The molecule has 2 aliphatic carbocycles. The Hall–Kier alpha value is -0.450. The summed E-state index contributed by atoms with van der Waals surface area (Å²) in [4.78, 5) is 13.3. The topological polar surface area (TPSA) is 20.3 Å². The van der Waals surface area contributed by atoms with E-state index < -0.39 is 12.7 Å². The summed E-state index contributed by atoms with van der Waals surface area (Å²) in [6, 6.07) is 0. The highest BCUT2D eigenvalue weighted by molar-refractivity contribution is 6.18. The molecule has 0 N–H and O–H groups in total. The van der Waals surface area contributed by atoms with Crippen LogP contribution in [0.1, 0.15) is 44.9 Å². The van der Waals surface area contributed by atoms with E-state index in [1.54, 1.807) is 0 Å². The molecule has 3 atom stereocenters. The monoisotopic (exact) mass is 325 g/mol. The van der Waals surface area contributed by atoms with Gasteiger partial charge in [0.25, 0.3) is 0 Å². The van der Waals surface area contributed by atoms with Gasteiger partial charge >= 0.3 is 6.18 Å². The quantitative estimate of drug-likeness (QED) is 0.709. The van der Waals surface area contributed by atoms with Gasteiger partial charge in [-0.2, -0.15) is 13.2 Å². The van der Waals surface area contributed by atoms with E-state index in [1.165, 1.54) is 19.3 Å². The van der Waals surface area contributed by atoms with Crippen molar-refractivity contribution in [1.29, 1.82) is 0 Å². The minimum Gasteiger partial charge on any atom is -0.332 e. The van der Waals surface area contributed by atoms with Crippen molar-refractivity contribution >= 4 is 17.5 Å². The van der Waals surface area contributed by atoms with Crippen molar-refractivity contribution in [2.45, 2.75) is 51.1 Å². The molecule has 0 radical (unpaired) electrons. The molecule has 0 aromatic heterocycles. The smallest absolute Gasteiger partial charge is 0.332 e. The Morgan fingerprint density at radius 3 is 2.38 bits per heavy atom. The number of rotatable bonds is 4. The van der Waals surface area contributed by atoms with Crippen LogP contribution in [0.3, 0.4) is 0 Å². The lowest BCUT2D eigenvalue weighted by Crippen LogP contribution is -2.45. The molecule has 0 aromatic carbocycles. The van der Waals surface area contributed by atoms with Crippen LogP contribution < -0.4 is 0 Å². The van der Waals surface area contributed by atoms with Crippen molar-refractivity contribution in [2.75, 3.05) is 19.0 Å². The lowest BCUT2D eigenvalue weighted by molar-refractivity contribution is -0.164. The minimum atomic E-state index is -4.36. The molecule has 0 aliphatic heterocycles. The zero-order valence-corrected chi connectivity index (χ0v) is 12.9. The fraction of sp³-hybridized carbons (Fsp3) is 0.933. The molecule has 0 aromatic rings. The first-order chi connectivity index (χ1) is 9.90. The van der Waals surface area contributed by atoms with E-state index in [0.29, 0.717) is 11.8 Å². The standard InChI is InChI=1S/C15H23ClF3NO/c16-7-8-20(10-15(17,18)19)14(21)13-6-5-11-3-1-2-4-12(11)9-13/h11-13H,1-10H2. The molecule has 2 saturated carbocycles. The largest absolute Gasteiger partial charge is 0.406 e. The van der Waals surface area contributed by atoms with Crippen LogP contribution in [-0.2, 0) is 4.79 Å². The molecule has 1 amide bonds. The van der Waals surface area contributed by atoms with Gasteiger partial charge in [0, 0.05) is 18.3 Å². The van der Waals surface area contributed by atoms with Gasteiger partial charge in [-0.05, 0) is 31.1 Å². The Balaban J connectivity index is 1.96. The van der Waals surface area contributed by atoms with Crippen molar-refractivity contribution in [3.05, 3.63) is 0 Å². The van der Waals surface area contributed by atoms with E-state index in [9.17, 15) is 18.0 Å². The predicted octanol–water partition coefficient (Wildman–Crippen LogP) is 4.22. The molecular formula is C15H23ClF3NO. The summed E-state index contributed by atoms with van der Waals surface area (Å²) in [5.41, 5.74) is 0. The number of nitrogens with zero attached hydrogens (tertiary/aromatic N) is 1. The summed E-state index contributed by atoms with van der Waals surface area (Å²) in [5.74, 6) is 0.671. The molecule has 0 bridgehead atoms. The number of alkyl halides is 4. The summed E-state index contributed by atoms with van der Waals surface area (Å²) in [6.07, 6.45) is 2.92. The van der Waals surface area contributed by atoms with Crippen molar-refractivity contribution < 1.29 is 18.0 Å².